The summed E-state index contributed by atoms with van der Waals surface area (Å²) in [5.41, 5.74) is 1.32. The number of nitrogens with one attached hydrogen (secondary N) is 2. The molecule has 1 aromatic heterocycles. The third kappa shape index (κ3) is 4.20. The van der Waals surface area contributed by atoms with Gasteiger partial charge >= 0.3 is 0 Å². The molecular formula is C16H19N3O3S. The maximum atomic E-state index is 12.1. The third-order valence-corrected chi connectivity index (χ3v) is 4.35. The molecule has 23 heavy (non-hydrogen) atoms. The zero-order chi connectivity index (χ0) is 16.1. The molecule has 1 aliphatic heterocycles. The topological polar surface area (TPSA) is 72.5 Å². The highest BCUT2D eigenvalue weighted by atomic mass is 32.1. The summed E-state index contributed by atoms with van der Waals surface area (Å²) in [4.78, 5) is 16.4. The number of aromatic nitrogens is 1. The van der Waals surface area contributed by atoms with E-state index < -0.39 is 0 Å². The number of rotatable bonds is 6. The molecule has 1 amide bonds. The van der Waals surface area contributed by atoms with Crippen molar-refractivity contribution in [2.75, 3.05) is 25.6 Å². The summed E-state index contributed by atoms with van der Waals surface area (Å²) in [6, 6.07) is 7.53. The summed E-state index contributed by atoms with van der Waals surface area (Å²) in [7, 11) is 1.63. The van der Waals surface area contributed by atoms with Gasteiger partial charge in [0.05, 0.1) is 13.2 Å². The molecule has 0 spiro atoms. The van der Waals surface area contributed by atoms with Crippen LogP contribution in [-0.4, -0.2) is 37.3 Å². The number of thiazole rings is 1. The third-order valence-electron chi connectivity index (χ3n) is 3.59. The Bertz CT molecular complexity index is 651. The van der Waals surface area contributed by atoms with Crippen LogP contribution in [0.4, 0.5) is 10.8 Å². The molecule has 0 radical (unpaired) electrons. The molecule has 1 aliphatic rings. The fraction of sp³-hybridized carbons (Fsp3) is 0.375. The molecule has 0 aliphatic carbocycles. The van der Waals surface area contributed by atoms with Gasteiger partial charge < -0.3 is 20.1 Å². The predicted octanol–water partition coefficient (Wildman–Crippen LogP) is 2.80. The van der Waals surface area contributed by atoms with Crippen molar-refractivity contribution in [2.45, 2.75) is 18.9 Å². The summed E-state index contributed by atoms with van der Waals surface area (Å²) in [6.45, 7) is 1.32. The second-order valence-corrected chi connectivity index (χ2v) is 6.09. The highest BCUT2D eigenvalue weighted by Crippen LogP contribution is 2.23. The van der Waals surface area contributed by atoms with E-state index in [0.717, 1.165) is 30.9 Å². The quantitative estimate of drug-likeness (QED) is 0.850. The number of hydrogen-bond acceptors (Lipinski definition) is 6. The predicted molar refractivity (Wildman–Crippen MR) is 89.7 cm³/mol. The van der Waals surface area contributed by atoms with Crippen LogP contribution in [0.3, 0.4) is 0 Å². The molecule has 2 aromatic rings. The van der Waals surface area contributed by atoms with Crippen LogP contribution in [0.25, 0.3) is 0 Å². The van der Waals surface area contributed by atoms with Gasteiger partial charge in [0.2, 0.25) is 0 Å². The van der Waals surface area contributed by atoms with Crippen molar-refractivity contribution in [3.63, 3.8) is 0 Å². The van der Waals surface area contributed by atoms with Crippen LogP contribution in [0.5, 0.6) is 5.75 Å². The lowest BCUT2D eigenvalue weighted by atomic mass is 10.2. The lowest BCUT2D eigenvalue weighted by Crippen LogP contribution is -2.31. The van der Waals surface area contributed by atoms with Crippen LogP contribution in [-0.2, 0) is 4.74 Å². The molecule has 3 rings (SSSR count). The molecule has 2 heterocycles. The number of anilines is 2. The fourth-order valence-electron chi connectivity index (χ4n) is 2.34. The fourth-order valence-corrected chi connectivity index (χ4v) is 3.05. The van der Waals surface area contributed by atoms with Crippen LogP contribution in [0, 0.1) is 0 Å². The van der Waals surface area contributed by atoms with Crippen molar-refractivity contribution in [2.24, 2.45) is 0 Å². The van der Waals surface area contributed by atoms with Gasteiger partial charge in [-0.05, 0) is 37.1 Å². The highest BCUT2D eigenvalue weighted by Gasteiger charge is 2.17. The first-order valence-electron chi connectivity index (χ1n) is 7.51. The van der Waals surface area contributed by atoms with Crippen molar-refractivity contribution in [1.82, 2.24) is 10.3 Å². The second kappa shape index (κ2) is 7.43. The van der Waals surface area contributed by atoms with Crippen molar-refractivity contribution >= 4 is 28.1 Å². The molecule has 7 heteroatoms. The highest BCUT2D eigenvalue weighted by molar-refractivity contribution is 7.14. The Labute approximate surface area is 138 Å². The van der Waals surface area contributed by atoms with Gasteiger partial charge in [0.1, 0.15) is 11.4 Å². The summed E-state index contributed by atoms with van der Waals surface area (Å²) >= 11 is 1.40. The standard InChI is InChI=1S/C16H19N3O3S/c1-21-12-6-4-11(5-7-12)18-16-19-14(10-23-16)15(20)17-9-13-3-2-8-22-13/h4-7,10,13H,2-3,8-9H2,1H3,(H,17,20)(H,18,19)/t13-/m1/s1. The number of ether oxygens (including phenoxy) is 2. The van der Waals surface area contributed by atoms with Gasteiger partial charge in [0.25, 0.3) is 5.91 Å². The number of amides is 1. The van der Waals surface area contributed by atoms with Gasteiger partial charge in [-0.15, -0.1) is 11.3 Å². The van der Waals surface area contributed by atoms with Crippen LogP contribution < -0.4 is 15.4 Å². The van der Waals surface area contributed by atoms with Crippen molar-refractivity contribution in [3.05, 3.63) is 35.3 Å². The Balaban J connectivity index is 1.54. The van der Waals surface area contributed by atoms with Crippen molar-refractivity contribution < 1.29 is 14.3 Å². The Hall–Kier alpha value is -2.12. The summed E-state index contributed by atoms with van der Waals surface area (Å²) in [5.74, 6) is 0.628. The minimum atomic E-state index is -0.167. The number of carbonyl (C=O) groups excluding carboxylic acids is 1. The van der Waals surface area contributed by atoms with Gasteiger partial charge in [0, 0.05) is 24.2 Å². The van der Waals surface area contributed by atoms with Gasteiger partial charge in [-0.1, -0.05) is 0 Å². The molecule has 1 atom stereocenters. The molecule has 0 bridgehead atoms. The monoisotopic (exact) mass is 333 g/mol. The molecule has 122 valence electrons. The van der Waals surface area contributed by atoms with Crippen LogP contribution in [0.1, 0.15) is 23.3 Å². The molecule has 0 unspecified atom stereocenters. The zero-order valence-corrected chi connectivity index (χ0v) is 13.7. The maximum Gasteiger partial charge on any atom is 0.270 e. The van der Waals surface area contributed by atoms with Gasteiger partial charge in [-0.3, -0.25) is 4.79 Å². The second-order valence-electron chi connectivity index (χ2n) is 5.24. The largest absolute Gasteiger partial charge is 0.497 e. The summed E-state index contributed by atoms with van der Waals surface area (Å²) < 4.78 is 10.6. The van der Waals surface area contributed by atoms with Crippen LogP contribution in [0.15, 0.2) is 29.6 Å². The zero-order valence-electron chi connectivity index (χ0n) is 12.9. The van der Waals surface area contributed by atoms with E-state index >= 15 is 0 Å². The summed E-state index contributed by atoms with van der Waals surface area (Å²) in [6.07, 6.45) is 2.20. The Morgan fingerprint density at radius 2 is 2.26 bits per heavy atom. The van der Waals surface area contributed by atoms with Crippen LogP contribution in [0.2, 0.25) is 0 Å². The summed E-state index contributed by atoms with van der Waals surface area (Å²) in [5, 5.41) is 8.47. The van der Waals surface area contributed by atoms with E-state index in [-0.39, 0.29) is 12.0 Å². The lowest BCUT2D eigenvalue weighted by molar-refractivity contribution is 0.0854. The van der Waals surface area contributed by atoms with E-state index in [9.17, 15) is 4.79 Å². The molecule has 1 fully saturated rings. The molecule has 6 nitrogen and oxygen atoms in total. The molecule has 0 saturated carbocycles. The first-order valence-corrected chi connectivity index (χ1v) is 8.39. The Morgan fingerprint density at radius 1 is 1.43 bits per heavy atom. The van der Waals surface area contributed by atoms with E-state index in [1.807, 2.05) is 24.3 Å². The lowest BCUT2D eigenvalue weighted by Gasteiger charge is -2.09. The maximum absolute atomic E-state index is 12.1. The SMILES string of the molecule is COc1ccc(Nc2nc(C(=O)NC[C@H]3CCCO3)cs2)cc1. The van der Waals surface area contributed by atoms with Crippen molar-refractivity contribution in [3.8, 4) is 5.75 Å². The van der Waals surface area contributed by atoms with Crippen LogP contribution >= 0.6 is 11.3 Å². The Morgan fingerprint density at radius 3 is 2.96 bits per heavy atom. The van der Waals surface area contributed by atoms with E-state index in [0.29, 0.717) is 17.4 Å². The van der Waals surface area contributed by atoms with Gasteiger partial charge in [-0.25, -0.2) is 4.98 Å². The number of carbonyl (C=O) groups is 1. The number of methoxy groups -OCH3 is 1. The average Bonchev–Trinajstić information content (AvgIpc) is 3.25. The van der Waals surface area contributed by atoms with Gasteiger partial charge in [0.15, 0.2) is 5.13 Å². The van der Waals surface area contributed by atoms with E-state index in [2.05, 4.69) is 15.6 Å². The van der Waals surface area contributed by atoms with E-state index in [1.165, 1.54) is 11.3 Å². The smallest absolute Gasteiger partial charge is 0.270 e. The first kappa shape index (κ1) is 15.8. The van der Waals surface area contributed by atoms with E-state index in [4.69, 9.17) is 9.47 Å². The Kier molecular flexibility index (Phi) is 5.09. The van der Waals surface area contributed by atoms with E-state index in [1.54, 1.807) is 12.5 Å². The average molecular weight is 333 g/mol. The molecule has 1 saturated heterocycles. The number of benzene rings is 1. The number of hydrogen-bond donors (Lipinski definition) is 2. The minimum Gasteiger partial charge on any atom is -0.497 e. The molecular weight excluding hydrogens is 314 g/mol. The normalized spacial score (nSPS) is 17.0. The number of nitrogens with zero attached hydrogens (tertiary/aromatic N) is 1. The molecule has 1 aromatic carbocycles. The minimum absolute atomic E-state index is 0.134. The first-order chi connectivity index (χ1) is 11.2. The van der Waals surface area contributed by atoms with Gasteiger partial charge in [-0.2, -0.15) is 0 Å². The molecule has 2 N–H and O–H groups in total. The van der Waals surface area contributed by atoms with Crippen molar-refractivity contribution in [1.29, 1.82) is 0 Å².